The monoisotopic (exact) mass is 276 g/mol. The molecule has 0 spiro atoms. The van der Waals surface area contributed by atoms with Gasteiger partial charge in [0.15, 0.2) is 11.5 Å². The van der Waals surface area contributed by atoms with Crippen molar-refractivity contribution in [3.05, 3.63) is 36.7 Å². The predicted octanol–water partition coefficient (Wildman–Crippen LogP) is 1.47. The van der Waals surface area contributed by atoms with Crippen molar-refractivity contribution < 1.29 is 9.47 Å². The van der Waals surface area contributed by atoms with Crippen LogP contribution in [0.2, 0.25) is 0 Å². The summed E-state index contributed by atoms with van der Waals surface area (Å²) in [6, 6.07) is 2.08. The van der Waals surface area contributed by atoms with Crippen LogP contribution in [0, 0.1) is 0 Å². The second-order valence-corrected chi connectivity index (χ2v) is 4.53. The fraction of sp³-hybridized carbons (Fsp3) is 0.429. The average Bonchev–Trinajstić information content (AvgIpc) is 2.97. The molecule has 0 radical (unpaired) electrons. The highest BCUT2D eigenvalue weighted by atomic mass is 16.5. The first-order valence-electron chi connectivity index (χ1n) is 6.49. The summed E-state index contributed by atoms with van der Waals surface area (Å²) in [5, 5.41) is 3.42. The Bertz CT molecular complexity index is 528. The molecule has 2 aromatic rings. The Hall–Kier alpha value is -2.08. The topological polar surface area (TPSA) is 61.2 Å². The molecule has 6 heteroatoms. The van der Waals surface area contributed by atoms with Crippen LogP contribution in [-0.2, 0) is 13.1 Å². The fourth-order valence-electron chi connectivity index (χ4n) is 2.02. The van der Waals surface area contributed by atoms with Crippen LogP contribution < -0.4 is 14.8 Å². The van der Waals surface area contributed by atoms with E-state index in [0.717, 1.165) is 12.2 Å². The molecule has 0 saturated heterocycles. The molecule has 0 aliphatic heterocycles. The molecule has 20 heavy (non-hydrogen) atoms. The van der Waals surface area contributed by atoms with E-state index in [9.17, 15) is 0 Å². The predicted molar refractivity (Wildman–Crippen MR) is 75.9 cm³/mol. The molecule has 0 aromatic carbocycles. The van der Waals surface area contributed by atoms with E-state index in [-0.39, 0.29) is 0 Å². The van der Waals surface area contributed by atoms with E-state index in [1.165, 1.54) is 0 Å². The first-order valence-corrected chi connectivity index (χ1v) is 6.49. The SMILES string of the molecule is COc1ccnc(CNC(C)Cn2ccnc2)c1OC. The van der Waals surface area contributed by atoms with Gasteiger partial charge in [-0.1, -0.05) is 0 Å². The van der Waals surface area contributed by atoms with Crippen molar-refractivity contribution in [1.29, 1.82) is 0 Å². The zero-order valence-corrected chi connectivity index (χ0v) is 12.0. The second-order valence-electron chi connectivity index (χ2n) is 4.53. The Morgan fingerprint density at radius 1 is 1.30 bits per heavy atom. The molecule has 0 saturated carbocycles. The van der Waals surface area contributed by atoms with Gasteiger partial charge in [0.2, 0.25) is 0 Å². The molecule has 0 amide bonds. The van der Waals surface area contributed by atoms with Gasteiger partial charge in [0.1, 0.15) is 0 Å². The molecule has 0 aliphatic rings. The maximum Gasteiger partial charge on any atom is 0.183 e. The number of rotatable bonds is 7. The van der Waals surface area contributed by atoms with Gasteiger partial charge in [-0.15, -0.1) is 0 Å². The van der Waals surface area contributed by atoms with Crippen LogP contribution in [0.5, 0.6) is 11.5 Å². The Balaban J connectivity index is 1.96. The average molecular weight is 276 g/mol. The minimum Gasteiger partial charge on any atom is -0.493 e. The molecule has 2 rings (SSSR count). The molecular formula is C14H20N4O2. The first-order chi connectivity index (χ1) is 9.74. The Morgan fingerprint density at radius 3 is 2.80 bits per heavy atom. The first kappa shape index (κ1) is 14.3. The summed E-state index contributed by atoms with van der Waals surface area (Å²) in [6.07, 6.45) is 7.25. The van der Waals surface area contributed by atoms with Gasteiger partial charge in [0.05, 0.1) is 26.2 Å². The molecule has 0 fully saturated rings. The van der Waals surface area contributed by atoms with Crippen molar-refractivity contribution in [3.8, 4) is 11.5 Å². The summed E-state index contributed by atoms with van der Waals surface area (Å²) < 4.78 is 12.7. The highest BCUT2D eigenvalue weighted by Crippen LogP contribution is 2.28. The van der Waals surface area contributed by atoms with Crippen LogP contribution in [0.15, 0.2) is 31.0 Å². The summed E-state index contributed by atoms with van der Waals surface area (Å²) in [4.78, 5) is 8.37. The number of aromatic nitrogens is 3. The van der Waals surface area contributed by atoms with Gasteiger partial charge in [-0.25, -0.2) is 4.98 Å². The van der Waals surface area contributed by atoms with Gasteiger partial charge in [-0.05, 0) is 6.92 Å². The lowest BCUT2D eigenvalue weighted by atomic mass is 10.2. The number of methoxy groups -OCH3 is 2. The number of hydrogen-bond donors (Lipinski definition) is 1. The van der Waals surface area contributed by atoms with Gasteiger partial charge in [-0.3, -0.25) is 4.98 Å². The van der Waals surface area contributed by atoms with E-state index in [2.05, 4.69) is 22.2 Å². The van der Waals surface area contributed by atoms with Crippen LogP contribution >= 0.6 is 0 Å². The van der Waals surface area contributed by atoms with Gasteiger partial charge < -0.3 is 19.4 Å². The Labute approximate surface area is 118 Å². The Kier molecular flexibility index (Phi) is 4.95. The normalized spacial score (nSPS) is 12.2. The van der Waals surface area contributed by atoms with Crippen molar-refractivity contribution in [2.75, 3.05) is 14.2 Å². The van der Waals surface area contributed by atoms with E-state index in [4.69, 9.17) is 9.47 Å². The smallest absolute Gasteiger partial charge is 0.183 e. The standard InChI is InChI=1S/C14H20N4O2/c1-11(9-18-7-6-15-10-18)17-8-12-14(20-3)13(19-2)4-5-16-12/h4-7,10-11,17H,8-9H2,1-3H3. The molecular weight excluding hydrogens is 256 g/mol. The highest BCUT2D eigenvalue weighted by Gasteiger charge is 2.12. The molecule has 2 heterocycles. The van der Waals surface area contributed by atoms with E-state index >= 15 is 0 Å². The molecule has 2 aromatic heterocycles. The number of ether oxygens (including phenoxy) is 2. The quantitative estimate of drug-likeness (QED) is 0.830. The third-order valence-corrected chi connectivity index (χ3v) is 3.03. The lowest BCUT2D eigenvalue weighted by molar-refractivity contribution is 0.346. The van der Waals surface area contributed by atoms with Crippen molar-refractivity contribution in [3.63, 3.8) is 0 Å². The summed E-state index contributed by atoms with van der Waals surface area (Å²) in [7, 11) is 3.24. The summed E-state index contributed by atoms with van der Waals surface area (Å²) in [6.45, 7) is 3.59. The van der Waals surface area contributed by atoms with Crippen LogP contribution in [0.3, 0.4) is 0 Å². The van der Waals surface area contributed by atoms with E-state index in [0.29, 0.717) is 24.1 Å². The number of hydrogen-bond acceptors (Lipinski definition) is 5. The van der Waals surface area contributed by atoms with Crippen LogP contribution in [0.4, 0.5) is 0 Å². The molecule has 0 aliphatic carbocycles. The molecule has 108 valence electrons. The van der Waals surface area contributed by atoms with Crippen LogP contribution in [0.25, 0.3) is 0 Å². The third-order valence-electron chi connectivity index (χ3n) is 3.03. The zero-order chi connectivity index (χ0) is 14.4. The van der Waals surface area contributed by atoms with Gasteiger partial charge in [0, 0.05) is 43.8 Å². The lowest BCUT2D eigenvalue weighted by Gasteiger charge is -2.16. The maximum atomic E-state index is 5.36. The van der Waals surface area contributed by atoms with Crippen molar-refractivity contribution >= 4 is 0 Å². The minimum absolute atomic E-state index is 0.293. The van der Waals surface area contributed by atoms with Crippen molar-refractivity contribution in [2.24, 2.45) is 0 Å². The molecule has 0 bridgehead atoms. The Morgan fingerprint density at radius 2 is 2.15 bits per heavy atom. The van der Waals surface area contributed by atoms with Gasteiger partial charge in [0.25, 0.3) is 0 Å². The van der Waals surface area contributed by atoms with Gasteiger partial charge in [-0.2, -0.15) is 0 Å². The van der Waals surface area contributed by atoms with Crippen molar-refractivity contribution in [2.45, 2.75) is 26.1 Å². The highest BCUT2D eigenvalue weighted by molar-refractivity contribution is 5.42. The largest absolute Gasteiger partial charge is 0.493 e. The number of pyridine rings is 1. The van der Waals surface area contributed by atoms with Gasteiger partial charge >= 0.3 is 0 Å². The number of imidazole rings is 1. The van der Waals surface area contributed by atoms with Crippen LogP contribution in [-0.4, -0.2) is 34.8 Å². The fourth-order valence-corrected chi connectivity index (χ4v) is 2.02. The molecule has 1 unspecified atom stereocenters. The summed E-state index contributed by atoms with van der Waals surface area (Å²) >= 11 is 0. The number of nitrogens with one attached hydrogen (secondary N) is 1. The molecule has 1 atom stereocenters. The van der Waals surface area contributed by atoms with Crippen LogP contribution in [0.1, 0.15) is 12.6 Å². The van der Waals surface area contributed by atoms with E-state index < -0.39 is 0 Å². The summed E-state index contributed by atoms with van der Waals surface area (Å²) in [5.41, 5.74) is 0.837. The molecule has 6 nitrogen and oxygen atoms in total. The van der Waals surface area contributed by atoms with Crippen molar-refractivity contribution in [1.82, 2.24) is 19.9 Å². The number of nitrogens with zero attached hydrogens (tertiary/aromatic N) is 3. The van der Waals surface area contributed by atoms with E-state index in [1.54, 1.807) is 32.7 Å². The summed E-state index contributed by atoms with van der Waals surface area (Å²) in [5.74, 6) is 1.37. The zero-order valence-electron chi connectivity index (χ0n) is 12.0. The maximum absolute atomic E-state index is 5.36. The second kappa shape index (κ2) is 6.91. The third kappa shape index (κ3) is 3.48. The lowest BCUT2D eigenvalue weighted by Crippen LogP contribution is -2.30. The minimum atomic E-state index is 0.293. The molecule has 1 N–H and O–H groups in total. The van der Waals surface area contributed by atoms with E-state index in [1.807, 2.05) is 17.1 Å².